The highest BCUT2D eigenvalue weighted by Crippen LogP contribution is 2.18. The molecule has 0 aromatic rings. The van der Waals surface area contributed by atoms with Gasteiger partial charge in [0.05, 0.1) is 6.54 Å². The van der Waals surface area contributed by atoms with Crippen LogP contribution >= 0.6 is 0 Å². The molecule has 68 valence electrons. The van der Waals surface area contributed by atoms with E-state index in [4.69, 9.17) is 5.11 Å². The minimum atomic E-state index is -1.13. The highest BCUT2D eigenvalue weighted by Gasteiger charge is 2.26. The van der Waals surface area contributed by atoms with E-state index in [-0.39, 0.29) is 12.6 Å². The Bertz CT molecular complexity index is 179. The molecule has 0 aliphatic heterocycles. The fraction of sp³-hybridized carbons (Fsp3) is 0.714. The molecular weight excluding hydrogens is 160 g/mol. The van der Waals surface area contributed by atoms with Crippen LogP contribution in [0.2, 0.25) is 0 Å². The lowest BCUT2D eigenvalue weighted by molar-refractivity contribution is -0.129. The van der Waals surface area contributed by atoms with Crippen molar-refractivity contribution in [2.24, 2.45) is 0 Å². The highest BCUT2D eigenvalue weighted by molar-refractivity contribution is 5.81. The van der Waals surface area contributed by atoms with Gasteiger partial charge >= 0.3 is 0 Å². The van der Waals surface area contributed by atoms with E-state index >= 15 is 0 Å². The Morgan fingerprint density at radius 2 is 2.33 bits per heavy atom. The largest absolute Gasteiger partial charge is 0.381 e. The molecule has 12 heavy (non-hydrogen) atoms. The summed E-state index contributed by atoms with van der Waals surface area (Å²) < 4.78 is 0. The highest BCUT2D eigenvalue weighted by atomic mass is 16.3. The summed E-state index contributed by atoms with van der Waals surface area (Å²) in [5.74, 6) is -0.410. The van der Waals surface area contributed by atoms with E-state index in [0.29, 0.717) is 6.41 Å². The summed E-state index contributed by atoms with van der Waals surface area (Å²) in [5.41, 5.74) is 0. The summed E-state index contributed by atoms with van der Waals surface area (Å²) in [5, 5.41) is 13.9. The third-order valence-corrected chi connectivity index (χ3v) is 1.62. The molecule has 3 N–H and O–H groups in total. The van der Waals surface area contributed by atoms with E-state index in [0.717, 1.165) is 12.8 Å². The number of carbonyl (C=O) groups excluding carboxylic acids is 2. The Morgan fingerprint density at radius 1 is 1.67 bits per heavy atom. The molecule has 1 fully saturated rings. The van der Waals surface area contributed by atoms with E-state index < -0.39 is 12.0 Å². The summed E-state index contributed by atoms with van der Waals surface area (Å²) in [6.45, 7) is -0.0257. The average Bonchev–Trinajstić information content (AvgIpc) is 2.83. The molecule has 5 nitrogen and oxygen atoms in total. The molecule has 0 saturated heterocycles. The average molecular weight is 172 g/mol. The van der Waals surface area contributed by atoms with Gasteiger partial charge in [-0.1, -0.05) is 0 Å². The van der Waals surface area contributed by atoms with Crippen molar-refractivity contribution in [3.8, 4) is 0 Å². The maximum Gasteiger partial charge on any atom is 0.250 e. The summed E-state index contributed by atoms with van der Waals surface area (Å²) in [6, 6.07) is 0.239. The predicted molar refractivity (Wildman–Crippen MR) is 41.2 cm³/mol. The number of aliphatic hydroxyl groups excluding tert-OH is 1. The Balaban J connectivity index is 2.14. The minimum absolute atomic E-state index is 0.0257. The van der Waals surface area contributed by atoms with Crippen LogP contribution in [0.1, 0.15) is 12.8 Å². The molecule has 0 aromatic heterocycles. The summed E-state index contributed by atoms with van der Waals surface area (Å²) in [7, 11) is 0. The quantitative estimate of drug-likeness (QED) is 0.436. The van der Waals surface area contributed by atoms with Gasteiger partial charge in [0.15, 0.2) is 0 Å². The molecule has 1 unspecified atom stereocenters. The molecule has 5 heteroatoms. The van der Waals surface area contributed by atoms with Gasteiger partial charge in [-0.2, -0.15) is 0 Å². The lowest BCUT2D eigenvalue weighted by Crippen LogP contribution is -2.41. The van der Waals surface area contributed by atoms with Gasteiger partial charge in [-0.25, -0.2) is 0 Å². The van der Waals surface area contributed by atoms with Crippen molar-refractivity contribution in [1.29, 1.82) is 0 Å². The van der Waals surface area contributed by atoms with Crippen LogP contribution in [0.4, 0.5) is 0 Å². The van der Waals surface area contributed by atoms with Gasteiger partial charge in [-0.15, -0.1) is 0 Å². The number of amides is 2. The molecular formula is C7H12N2O3. The fourth-order valence-corrected chi connectivity index (χ4v) is 0.777. The van der Waals surface area contributed by atoms with Crippen LogP contribution in [0, 0.1) is 0 Å². The van der Waals surface area contributed by atoms with Crippen molar-refractivity contribution in [3.05, 3.63) is 0 Å². The van der Waals surface area contributed by atoms with Crippen LogP contribution in [0.5, 0.6) is 0 Å². The summed E-state index contributed by atoms with van der Waals surface area (Å²) in [4.78, 5) is 20.8. The van der Waals surface area contributed by atoms with E-state index in [9.17, 15) is 9.59 Å². The molecule has 0 heterocycles. The third-order valence-electron chi connectivity index (χ3n) is 1.62. The van der Waals surface area contributed by atoms with E-state index in [1.807, 2.05) is 0 Å². The number of nitrogens with one attached hydrogen (secondary N) is 2. The maximum atomic E-state index is 11.0. The molecule has 1 saturated carbocycles. The molecule has 0 aromatic carbocycles. The van der Waals surface area contributed by atoms with Crippen molar-refractivity contribution in [1.82, 2.24) is 10.6 Å². The minimum Gasteiger partial charge on any atom is -0.381 e. The second-order valence-electron chi connectivity index (χ2n) is 2.82. The SMILES string of the molecule is O=CNCC(O)C(=O)NC1CC1. The van der Waals surface area contributed by atoms with Crippen LogP contribution in [0.25, 0.3) is 0 Å². The predicted octanol–water partition coefficient (Wildman–Crippen LogP) is -1.63. The number of aliphatic hydroxyl groups is 1. The standard InChI is InChI=1S/C7H12N2O3/c10-4-8-3-6(11)7(12)9-5-1-2-5/h4-6,11H,1-3H2,(H,8,10)(H,9,12). The summed E-state index contributed by atoms with van der Waals surface area (Å²) >= 11 is 0. The number of hydrogen-bond acceptors (Lipinski definition) is 3. The first-order valence-corrected chi connectivity index (χ1v) is 3.89. The van der Waals surface area contributed by atoms with Gasteiger partial charge in [0, 0.05) is 6.04 Å². The van der Waals surface area contributed by atoms with Crippen molar-refractivity contribution < 1.29 is 14.7 Å². The Morgan fingerprint density at radius 3 is 2.83 bits per heavy atom. The molecule has 2 amide bonds. The van der Waals surface area contributed by atoms with Crippen molar-refractivity contribution in [2.75, 3.05) is 6.54 Å². The molecule has 1 aliphatic rings. The zero-order valence-electron chi connectivity index (χ0n) is 6.62. The van der Waals surface area contributed by atoms with Crippen LogP contribution in [-0.4, -0.2) is 36.1 Å². The fourth-order valence-electron chi connectivity index (χ4n) is 0.777. The van der Waals surface area contributed by atoms with Gasteiger partial charge in [-0.3, -0.25) is 9.59 Å². The zero-order chi connectivity index (χ0) is 8.97. The Hall–Kier alpha value is -1.10. The number of rotatable bonds is 5. The summed E-state index contributed by atoms with van der Waals surface area (Å²) in [6.07, 6.45) is 1.29. The van der Waals surface area contributed by atoms with Crippen molar-refractivity contribution in [2.45, 2.75) is 25.0 Å². The van der Waals surface area contributed by atoms with E-state index in [2.05, 4.69) is 10.6 Å². The second kappa shape index (κ2) is 4.06. The maximum absolute atomic E-state index is 11.0. The first kappa shape index (κ1) is 8.99. The third kappa shape index (κ3) is 2.87. The lowest BCUT2D eigenvalue weighted by Gasteiger charge is -2.09. The molecule has 1 aliphatic carbocycles. The molecule has 0 radical (unpaired) electrons. The number of carbonyl (C=O) groups is 2. The van der Waals surface area contributed by atoms with Gasteiger partial charge in [0.2, 0.25) is 6.41 Å². The first-order chi connectivity index (χ1) is 5.74. The van der Waals surface area contributed by atoms with E-state index in [1.54, 1.807) is 0 Å². The first-order valence-electron chi connectivity index (χ1n) is 3.89. The molecule has 0 bridgehead atoms. The van der Waals surface area contributed by atoms with Crippen molar-refractivity contribution in [3.63, 3.8) is 0 Å². The van der Waals surface area contributed by atoms with Gasteiger partial charge in [-0.05, 0) is 12.8 Å². The van der Waals surface area contributed by atoms with Crippen LogP contribution in [-0.2, 0) is 9.59 Å². The molecule has 1 atom stereocenters. The smallest absolute Gasteiger partial charge is 0.250 e. The number of hydrogen-bond donors (Lipinski definition) is 3. The Labute approximate surface area is 70.1 Å². The van der Waals surface area contributed by atoms with E-state index in [1.165, 1.54) is 0 Å². The van der Waals surface area contributed by atoms with Crippen molar-refractivity contribution >= 4 is 12.3 Å². The monoisotopic (exact) mass is 172 g/mol. The molecule has 1 rings (SSSR count). The Kier molecular flexibility index (Phi) is 3.04. The van der Waals surface area contributed by atoms with Crippen LogP contribution < -0.4 is 10.6 Å². The van der Waals surface area contributed by atoms with Crippen LogP contribution in [0.15, 0.2) is 0 Å². The lowest BCUT2D eigenvalue weighted by atomic mass is 10.3. The van der Waals surface area contributed by atoms with Gasteiger partial charge < -0.3 is 15.7 Å². The second-order valence-corrected chi connectivity index (χ2v) is 2.82. The van der Waals surface area contributed by atoms with Gasteiger partial charge in [0.25, 0.3) is 5.91 Å². The van der Waals surface area contributed by atoms with Gasteiger partial charge in [0.1, 0.15) is 6.10 Å². The van der Waals surface area contributed by atoms with Crippen LogP contribution in [0.3, 0.4) is 0 Å². The topological polar surface area (TPSA) is 78.4 Å². The zero-order valence-corrected chi connectivity index (χ0v) is 6.62. The molecule has 0 spiro atoms. The normalized spacial score (nSPS) is 18.1.